The molecule has 0 amide bonds. The first-order chi connectivity index (χ1) is 8.78. The van der Waals surface area contributed by atoms with E-state index in [1.807, 2.05) is 4.68 Å². The van der Waals surface area contributed by atoms with Crippen molar-refractivity contribution in [2.24, 2.45) is 0 Å². The normalized spacial score (nSPS) is 11.1. The van der Waals surface area contributed by atoms with Crippen LogP contribution in [-0.2, 0) is 19.4 Å². The molecule has 7 heteroatoms. The average molecular weight is 266 g/mol. The Morgan fingerprint density at radius 2 is 2.00 bits per heavy atom. The van der Waals surface area contributed by atoms with Gasteiger partial charge in [0, 0.05) is 19.4 Å². The first kappa shape index (κ1) is 13.1. The highest BCUT2D eigenvalue weighted by atomic mass is 32.1. The molecule has 0 aliphatic rings. The average Bonchev–Trinajstić information content (AvgIpc) is 3.02. The molecule has 6 nitrogen and oxygen atoms in total. The van der Waals surface area contributed by atoms with Gasteiger partial charge >= 0.3 is 0 Å². The van der Waals surface area contributed by atoms with Gasteiger partial charge in [-0.1, -0.05) is 32.1 Å². The third kappa shape index (κ3) is 2.73. The SMILES string of the molecule is CCNCc1nnc(-n2nc(CC)nc2CC)s1. The molecule has 0 unspecified atom stereocenters. The molecule has 0 aliphatic heterocycles. The third-order valence-corrected chi connectivity index (χ3v) is 3.41. The minimum Gasteiger partial charge on any atom is -0.311 e. The number of hydrogen-bond donors (Lipinski definition) is 1. The molecule has 0 radical (unpaired) electrons. The maximum atomic E-state index is 4.47. The fraction of sp³-hybridized carbons (Fsp3) is 0.636. The van der Waals surface area contributed by atoms with Crippen molar-refractivity contribution in [1.29, 1.82) is 0 Å². The van der Waals surface area contributed by atoms with E-state index in [0.29, 0.717) is 0 Å². The molecular weight excluding hydrogens is 248 g/mol. The Bertz CT molecular complexity index is 503. The molecule has 0 bridgehead atoms. The summed E-state index contributed by atoms with van der Waals surface area (Å²) in [5, 5.41) is 17.8. The quantitative estimate of drug-likeness (QED) is 0.855. The third-order valence-electron chi connectivity index (χ3n) is 2.51. The van der Waals surface area contributed by atoms with Crippen molar-refractivity contribution >= 4 is 11.3 Å². The zero-order chi connectivity index (χ0) is 13.0. The van der Waals surface area contributed by atoms with E-state index in [1.165, 1.54) is 0 Å². The van der Waals surface area contributed by atoms with Crippen LogP contribution in [0.15, 0.2) is 0 Å². The summed E-state index contributed by atoms with van der Waals surface area (Å²) in [7, 11) is 0. The maximum absolute atomic E-state index is 4.47. The second-order valence-electron chi connectivity index (χ2n) is 3.82. The summed E-state index contributed by atoms with van der Waals surface area (Å²) in [5.74, 6) is 1.80. The van der Waals surface area contributed by atoms with Gasteiger partial charge in [0.15, 0.2) is 5.82 Å². The van der Waals surface area contributed by atoms with Crippen LogP contribution >= 0.6 is 11.3 Å². The van der Waals surface area contributed by atoms with Crippen LogP contribution in [0.4, 0.5) is 0 Å². The zero-order valence-corrected chi connectivity index (χ0v) is 11.8. The lowest BCUT2D eigenvalue weighted by atomic mass is 10.4. The van der Waals surface area contributed by atoms with Crippen molar-refractivity contribution < 1.29 is 0 Å². The van der Waals surface area contributed by atoms with Gasteiger partial charge in [0.2, 0.25) is 5.13 Å². The summed E-state index contributed by atoms with van der Waals surface area (Å²) < 4.78 is 1.81. The zero-order valence-electron chi connectivity index (χ0n) is 11.0. The van der Waals surface area contributed by atoms with Crippen LogP contribution in [-0.4, -0.2) is 31.5 Å². The van der Waals surface area contributed by atoms with E-state index in [2.05, 4.69) is 46.4 Å². The predicted octanol–water partition coefficient (Wildman–Crippen LogP) is 1.35. The minimum atomic E-state index is 0.755. The molecule has 0 aromatic carbocycles. The first-order valence-electron chi connectivity index (χ1n) is 6.26. The van der Waals surface area contributed by atoms with E-state index in [4.69, 9.17) is 0 Å². The fourth-order valence-electron chi connectivity index (χ4n) is 1.56. The summed E-state index contributed by atoms with van der Waals surface area (Å²) >= 11 is 1.56. The summed E-state index contributed by atoms with van der Waals surface area (Å²) in [5.41, 5.74) is 0. The van der Waals surface area contributed by atoms with Crippen molar-refractivity contribution in [1.82, 2.24) is 30.3 Å². The van der Waals surface area contributed by atoms with Crippen molar-refractivity contribution in [3.05, 3.63) is 16.7 Å². The Hall–Kier alpha value is -1.34. The topological polar surface area (TPSA) is 68.5 Å². The summed E-state index contributed by atoms with van der Waals surface area (Å²) in [6.07, 6.45) is 1.68. The second kappa shape index (κ2) is 6.01. The standard InChI is InChI=1S/C11H18N6S/c1-4-8-13-9(5-2)17(16-8)11-15-14-10(18-11)7-12-6-3/h12H,4-7H2,1-3H3. The number of aromatic nitrogens is 5. The molecule has 1 N–H and O–H groups in total. The Morgan fingerprint density at radius 1 is 1.17 bits per heavy atom. The molecule has 0 saturated heterocycles. The minimum absolute atomic E-state index is 0.755. The molecule has 0 atom stereocenters. The summed E-state index contributed by atoms with van der Waals surface area (Å²) in [4.78, 5) is 4.47. The molecule has 2 aromatic heterocycles. The van der Waals surface area contributed by atoms with Crippen LogP contribution in [0.1, 0.15) is 37.4 Å². The maximum Gasteiger partial charge on any atom is 0.234 e. The van der Waals surface area contributed by atoms with Crippen LogP contribution in [0, 0.1) is 0 Å². The van der Waals surface area contributed by atoms with E-state index in [0.717, 1.165) is 47.7 Å². The predicted molar refractivity (Wildman–Crippen MR) is 71.0 cm³/mol. The number of aryl methyl sites for hydroxylation is 2. The fourth-order valence-corrected chi connectivity index (χ4v) is 2.34. The number of hydrogen-bond acceptors (Lipinski definition) is 6. The monoisotopic (exact) mass is 266 g/mol. The van der Waals surface area contributed by atoms with Gasteiger partial charge in [0.05, 0.1) is 0 Å². The van der Waals surface area contributed by atoms with Gasteiger partial charge in [0.25, 0.3) is 0 Å². The lowest BCUT2D eigenvalue weighted by molar-refractivity contribution is 0.712. The van der Waals surface area contributed by atoms with Gasteiger partial charge < -0.3 is 5.32 Å². The van der Waals surface area contributed by atoms with Gasteiger partial charge in [-0.3, -0.25) is 0 Å². The molecule has 18 heavy (non-hydrogen) atoms. The Morgan fingerprint density at radius 3 is 2.67 bits per heavy atom. The highest BCUT2D eigenvalue weighted by molar-refractivity contribution is 7.13. The van der Waals surface area contributed by atoms with Gasteiger partial charge in [-0.05, 0) is 6.54 Å². The Labute approximate surface area is 110 Å². The molecule has 0 spiro atoms. The van der Waals surface area contributed by atoms with Crippen molar-refractivity contribution in [3.63, 3.8) is 0 Å². The molecule has 0 aliphatic carbocycles. The highest BCUT2D eigenvalue weighted by Gasteiger charge is 2.13. The van der Waals surface area contributed by atoms with Gasteiger partial charge in [-0.25, -0.2) is 4.98 Å². The smallest absolute Gasteiger partial charge is 0.234 e. The largest absolute Gasteiger partial charge is 0.311 e. The van der Waals surface area contributed by atoms with Crippen molar-refractivity contribution in [3.8, 4) is 5.13 Å². The number of nitrogens with zero attached hydrogens (tertiary/aromatic N) is 5. The number of rotatable bonds is 6. The van der Waals surface area contributed by atoms with Crippen LogP contribution < -0.4 is 5.32 Å². The van der Waals surface area contributed by atoms with E-state index < -0.39 is 0 Å². The van der Waals surface area contributed by atoms with Crippen molar-refractivity contribution in [2.75, 3.05) is 6.54 Å². The van der Waals surface area contributed by atoms with Gasteiger partial charge in [-0.15, -0.1) is 15.3 Å². The number of nitrogens with one attached hydrogen (secondary N) is 1. The molecule has 0 saturated carbocycles. The van der Waals surface area contributed by atoms with E-state index in [1.54, 1.807) is 11.3 Å². The summed E-state index contributed by atoms with van der Waals surface area (Å²) in [6, 6.07) is 0. The molecule has 2 heterocycles. The second-order valence-corrected chi connectivity index (χ2v) is 4.86. The lowest BCUT2D eigenvalue weighted by Crippen LogP contribution is -2.11. The molecular formula is C11H18N6S. The van der Waals surface area contributed by atoms with E-state index in [9.17, 15) is 0 Å². The van der Waals surface area contributed by atoms with Gasteiger partial charge in [-0.2, -0.15) is 4.68 Å². The molecule has 2 rings (SSSR count). The van der Waals surface area contributed by atoms with Crippen LogP contribution in [0.2, 0.25) is 0 Å². The van der Waals surface area contributed by atoms with Crippen molar-refractivity contribution in [2.45, 2.75) is 40.2 Å². The molecule has 2 aromatic rings. The van der Waals surface area contributed by atoms with Crippen LogP contribution in [0.5, 0.6) is 0 Å². The van der Waals surface area contributed by atoms with Crippen LogP contribution in [0.3, 0.4) is 0 Å². The van der Waals surface area contributed by atoms with E-state index in [-0.39, 0.29) is 0 Å². The highest BCUT2D eigenvalue weighted by Crippen LogP contribution is 2.16. The lowest BCUT2D eigenvalue weighted by Gasteiger charge is -1.97. The van der Waals surface area contributed by atoms with Gasteiger partial charge in [0.1, 0.15) is 10.8 Å². The summed E-state index contributed by atoms with van der Waals surface area (Å²) in [6.45, 7) is 7.88. The molecule has 98 valence electrons. The molecule has 0 fully saturated rings. The van der Waals surface area contributed by atoms with Crippen LogP contribution in [0.25, 0.3) is 5.13 Å². The Balaban J connectivity index is 2.24. The first-order valence-corrected chi connectivity index (χ1v) is 7.08. The Kier molecular flexibility index (Phi) is 4.38. The van der Waals surface area contributed by atoms with E-state index >= 15 is 0 Å².